The topological polar surface area (TPSA) is 79.9 Å². The zero-order valence-corrected chi connectivity index (χ0v) is 16.5. The highest BCUT2D eigenvalue weighted by atomic mass is 79.9. The Labute approximate surface area is 161 Å². The second-order valence-electron chi connectivity index (χ2n) is 5.80. The van der Waals surface area contributed by atoms with Crippen molar-refractivity contribution in [2.24, 2.45) is 0 Å². The third kappa shape index (κ3) is 3.96. The lowest BCUT2D eigenvalue weighted by molar-refractivity contribution is 0.0117. The van der Waals surface area contributed by atoms with E-state index < -0.39 is 18.3 Å². The first kappa shape index (κ1) is 18.5. The predicted molar refractivity (Wildman–Crippen MR) is 99.5 cm³/mol. The fourth-order valence-electron chi connectivity index (χ4n) is 2.62. The quantitative estimate of drug-likeness (QED) is 0.524. The van der Waals surface area contributed by atoms with Gasteiger partial charge < -0.3 is 19.4 Å². The van der Waals surface area contributed by atoms with Crippen LogP contribution >= 0.6 is 31.9 Å². The third-order valence-corrected chi connectivity index (χ3v) is 5.11. The van der Waals surface area contributed by atoms with Crippen molar-refractivity contribution >= 4 is 43.7 Å². The number of Topliss-reactive ketones (excluding diaryl/α,β-unsaturated/α-hetero) is 1. The van der Waals surface area contributed by atoms with Gasteiger partial charge in [-0.25, -0.2) is 0 Å². The smallest absolute Gasteiger partial charge is 0.203 e. The Bertz CT molecular complexity index is 809. The van der Waals surface area contributed by atoms with Crippen molar-refractivity contribution in [2.75, 3.05) is 6.61 Å². The van der Waals surface area contributed by atoms with Gasteiger partial charge in [-0.2, -0.15) is 0 Å². The summed E-state index contributed by atoms with van der Waals surface area (Å²) in [4.78, 5) is 12.7. The number of aliphatic hydroxyl groups excluding tert-OH is 2. The average Bonchev–Trinajstić information content (AvgIpc) is 3.12. The molecule has 1 fully saturated rings. The van der Waals surface area contributed by atoms with Gasteiger partial charge in [0.1, 0.15) is 29.8 Å². The minimum absolute atomic E-state index is 0.0298. The van der Waals surface area contributed by atoms with Crippen LogP contribution < -0.4 is 0 Å². The number of benzene rings is 1. The molecule has 1 aromatic heterocycles. The molecular weight excluding hydrogens is 456 g/mol. The highest BCUT2D eigenvalue weighted by molar-refractivity contribution is 9.12. The summed E-state index contributed by atoms with van der Waals surface area (Å²) in [6, 6.07) is 9.11. The first-order valence-corrected chi connectivity index (χ1v) is 9.21. The number of carbonyl (C=O) groups excluding carboxylic acids is 1. The van der Waals surface area contributed by atoms with Gasteiger partial charge in [-0.3, -0.25) is 4.79 Å². The Balaban J connectivity index is 1.84. The SMILES string of the molecule is Cc1oc([C@@H]2OC[C@@H](O)[C@H]2O)cc1C(=O)/C(Br)=C/c1ccc(Br)cc1. The van der Waals surface area contributed by atoms with Crippen molar-refractivity contribution in [3.8, 4) is 0 Å². The van der Waals surface area contributed by atoms with Crippen LogP contribution in [-0.4, -0.2) is 34.8 Å². The van der Waals surface area contributed by atoms with E-state index in [0.29, 0.717) is 21.6 Å². The van der Waals surface area contributed by atoms with Crippen LogP contribution in [0.5, 0.6) is 0 Å². The van der Waals surface area contributed by atoms with Crippen molar-refractivity contribution in [1.29, 1.82) is 0 Å². The molecule has 0 unspecified atom stereocenters. The number of hydrogen-bond donors (Lipinski definition) is 2. The van der Waals surface area contributed by atoms with Gasteiger partial charge in [-0.15, -0.1) is 0 Å². The molecule has 0 bridgehead atoms. The van der Waals surface area contributed by atoms with Gasteiger partial charge in [0, 0.05) is 4.47 Å². The standard InChI is InChI=1S/C18H16Br2O5/c1-9-12(7-15(25-9)18-17(23)14(21)8-24-18)16(22)13(20)6-10-2-4-11(19)5-3-10/h2-7,14,17-18,21,23H,8H2,1H3/b13-6-/t14-,17-,18+/m1/s1. The normalized spacial score (nSPS) is 23.9. The summed E-state index contributed by atoms with van der Waals surface area (Å²) in [7, 11) is 0. The molecule has 1 aromatic carbocycles. The Morgan fingerprint density at radius 3 is 2.56 bits per heavy atom. The maximum atomic E-state index is 12.7. The van der Waals surface area contributed by atoms with E-state index in [9.17, 15) is 15.0 Å². The Morgan fingerprint density at radius 1 is 1.28 bits per heavy atom. The minimum Gasteiger partial charge on any atom is -0.463 e. The van der Waals surface area contributed by atoms with Crippen LogP contribution in [-0.2, 0) is 4.74 Å². The Hall–Kier alpha value is -1.25. The van der Waals surface area contributed by atoms with Gasteiger partial charge in [0.15, 0.2) is 0 Å². The number of halogens is 2. The van der Waals surface area contributed by atoms with Crippen LogP contribution in [0.2, 0.25) is 0 Å². The summed E-state index contributed by atoms with van der Waals surface area (Å²) in [5.74, 6) is 0.524. The maximum absolute atomic E-state index is 12.7. The van der Waals surface area contributed by atoms with Crippen LogP contribution in [0.25, 0.3) is 6.08 Å². The summed E-state index contributed by atoms with van der Waals surface area (Å²) >= 11 is 6.69. The molecule has 0 saturated carbocycles. The van der Waals surface area contributed by atoms with Gasteiger partial charge in [-0.05, 0) is 52.7 Å². The van der Waals surface area contributed by atoms with E-state index in [1.54, 1.807) is 19.1 Å². The predicted octanol–water partition coefficient (Wildman–Crippen LogP) is 3.76. The van der Waals surface area contributed by atoms with Gasteiger partial charge in [0.05, 0.1) is 16.7 Å². The zero-order chi connectivity index (χ0) is 18.1. The Kier molecular flexibility index (Phi) is 5.60. The molecule has 3 atom stereocenters. The summed E-state index contributed by atoms with van der Waals surface area (Å²) in [5, 5.41) is 19.5. The number of allylic oxidation sites excluding steroid dienone is 1. The van der Waals surface area contributed by atoms with E-state index in [1.165, 1.54) is 0 Å². The van der Waals surface area contributed by atoms with E-state index >= 15 is 0 Å². The summed E-state index contributed by atoms with van der Waals surface area (Å²) < 4.78 is 12.3. The number of aryl methyl sites for hydroxylation is 1. The van der Waals surface area contributed by atoms with E-state index in [1.807, 2.05) is 24.3 Å². The highest BCUT2D eigenvalue weighted by Crippen LogP contribution is 2.33. The van der Waals surface area contributed by atoms with Crippen molar-refractivity contribution in [2.45, 2.75) is 25.2 Å². The lowest BCUT2D eigenvalue weighted by Crippen LogP contribution is -2.24. The number of furan rings is 1. The molecule has 0 spiro atoms. The fraction of sp³-hybridized carbons (Fsp3) is 0.278. The van der Waals surface area contributed by atoms with Gasteiger partial charge in [-0.1, -0.05) is 28.1 Å². The minimum atomic E-state index is -1.07. The molecule has 7 heteroatoms. The second kappa shape index (κ2) is 7.55. The van der Waals surface area contributed by atoms with E-state index in [0.717, 1.165) is 10.0 Å². The second-order valence-corrected chi connectivity index (χ2v) is 7.57. The molecule has 1 aliphatic rings. The molecule has 2 aromatic rings. The maximum Gasteiger partial charge on any atom is 0.203 e. The first-order chi connectivity index (χ1) is 11.9. The van der Waals surface area contributed by atoms with Gasteiger partial charge in [0.25, 0.3) is 0 Å². The van der Waals surface area contributed by atoms with Crippen molar-refractivity contribution in [3.05, 3.63) is 61.9 Å². The molecule has 5 nitrogen and oxygen atoms in total. The van der Waals surface area contributed by atoms with E-state index in [-0.39, 0.29) is 12.4 Å². The number of rotatable bonds is 4. The molecule has 3 rings (SSSR count). The van der Waals surface area contributed by atoms with E-state index in [4.69, 9.17) is 9.15 Å². The molecule has 0 radical (unpaired) electrons. The lowest BCUT2D eigenvalue weighted by atomic mass is 10.1. The third-order valence-electron chi connectivity index (χ3n) is 3.99. The molecule has 0 aliphatic carbocycles. The highest BCUT2D eigenvalue weighted by Gasteiger charge is 2.38. The molecular formula is C18H16Br2O5. The first-order valence-electron chi connectivity index (χ1n) is 7.62. The molecule has 25 heavy (non-hydrogen) atoms. The number of hydrogen-bond acceptors (Lipinski definition) is 5. The molecule has 2 heterocycles. The van der Waals surface area contributed by atoms with Crippen LogP contribution in [0.4, 0.5) is 0 Å². The zero-order valence-electron chi connectivity index (χ0n) is 13.3. The monoisotopic (exact) mass is 470 g/mol. The molecule has 1 saturated heterocycles. The van der Waals surface area contributed by atoms with Crippen molar-refractivity contribution in [3.63, 3.8) is 0 Å². The van der Waals surface area contributed by atoms with Crippen LogP contribution in [0.15, 0.2) is 43.7 Å². The molecule has 0 amide bonds. The average molecular weight is 472 g/mol. The number of carbonyl (C=O) groups is 1. The number of ketones is 1. The van der Waals surface area contributed by atoms with Crippen LogP contribution in [0, 0.1) is 6.92 Å². The van der Waals surface area contributed by atoms with E-state index in [2.05, 4.69) is 31.9 Å². The van der Waals surface area contributed by atoms with Gasteiger partial charge in [0.2, 0.25) is 5.78 Å². The number of aliphatic hydroxyl groups is 2. The lowest BCUT2D eigenvalue weighted by Gasteiger charge is -2.11. The van der Waals surface area contributed by atoms with Crippen molar-refractivity contribution in [1.82, 2.24) is 0 Å². The fourth-order valence-corrected chi connectivity index (χ4v) is 3.36. The molecule has 1 aliphatic heterocycles. The summed E-state index contributed by atoms with van der Waals surface area (Å²) in [5.41, 5.74) is 1.26. The van der Waals surface area contributed by atoms with Crippen LogP contribution in [0.3, 0.4) is 0 Å². The Morgan fingerprint density at radius 2 is 1.96 bits per heavy atom. The van der Waals surface area contributed by atoms with Gasteiger partial charge >= 0.3 is 0 Å². The van der Waals surface area contributed by atoms with Crippen LogP contribution in [0.1, 0.15) is 33.5 Å². The molecule has 2 N–H and O–H groups in total. The molecule has 132 valence electrons. The summed E-state index contributed by atoms with van der Waals surface area (Å²) in [6.45, 7) is 1.70. The summed E-state index contributed by atoms with van der Waals surface area (Å²) in [6.07, 6.45) is -1.08. The van der Waals surface area contributed by atoms with Crippen molar-refractivity contribution < 1.29 is 24.2 Å². The number of ether oxygens (including phenoxy) is 1. The largest absolute Gasteiger partial charge is 0.463 e.